The number of amides is 1. The second-order valence-electron chi connectivity index (χ2n) is 9.11. The maximum Gasteiger partial charge on any atom is 0.249 e. The largest absolute Gasteiger partial charge is 0.376 e. The summed E-state index contributed by atoms with van der Waals surface area (Å²) in [6.07, 6.45) is 3.10. The van der Waals surface area contributed by atoms with Crippen LogP contribution in [0.1, 0.15) is 48.9 Å². The number of thiophene rings is 1. The van der Waals surface area contributed by atoms with Crippen molar-refractivity contribution in [1.29, 1.82) is 0 Å². The lowest BCUT2D eigenvalue weighted by molar-refractivity contribution is -0.119. The zero-order valence-electron chi connectivity index (χ0n) is 18.1. The van der Waals surface area contributed by atoms with Crippen molar-refractivity contribution in [3.05, 3.63) is 16.0 Å². The van der Waals surface area contributed by atoms with Crippen molar-refractivity contribution < 1.29 is 14.3 Å². The van der Waals surface area contributed by atoms with Gasteiger partial charge in [-0.05, 0) is 32.3 Å². The molecule has 0 radical (unpaired) electrons. The Balaban J connectivity index is 1.27. The highest BCUT2D eigenvalue weighted by Gasteiger charge is 2.43. The summed E-state index contributed by atoms with van der Waals surface area (Å²) in [5.41, 5.74) is 5.81. The van der Waals surface area contributed by atoms with Gasteiger partial charge in [-0.2, -0.15) is 0 Å². The SMILES string of the molecule is CC1(C)Cc2c(sc3c2C2NCNN2c2nnc(SCC(=O)NC[C@H]4CCCO4)n2-3)CO1. The van der Waals surface area contributed by atoms with Crippen LogP contribution in [0.2, 0.25) is 0 Å². The second kappa shape index (κ2) is 7.96. The zero-order valence-corrected chi connectivity index (χ0v) is 19.8. The fourth-order valence-electron chi connectivity index (χ4n) is 4.74. The van der Waals surface area contributed by atoms with Crippen molar-refractivity contribution in [3.63, 3.8) is 0 Å². The fraction of sp³-hybridized carbons (Fsp3) is 0.650. The van der Waals surface area contributed by atoms with Gasteiger partial charge < -0.3 is 14.8 Å². The summed E-state index contributed by atoms with van der Waals surface area (Å²) in [5.74, 6) is 1.02. The van der Waals surface area contributed by atoms with Gasteiger partial charge >= 0.3 is 0 Å². The maximum atomic E-state index is 12.4. The molecule has 32 heavy (non-hydrogen) atoms. The molecule has 2 saturated heterocycles. The first-order valence-electron chi connectivity index (χ1n) is 11.0. The summed E-state index contributed by atoms with van der Waals surface area (Å²) in [7, 11) is 0. The van der Waals surface area contributed by atoms with Gasteiger partial charge in [-0.3, -0.25) is 15.1 Å². The summed E-state index contributed by atoms with van der Waals surface area (Å²) in [6, 6.07) is 0. The molecule has 12 heteroatoms. The summed E-state index contributed by atoms with van der Waals surface area (Å²) >= 11 is 3.16. The van der Waals surface area contributed by atoms with E-state index in [4.69, 9.17) is 9.47 Å². The molecule has 172 valence electrons. The third kappa shape index (κ3) is 3.53. The van der Waals surface area contributed by atoms with Crippen LogP contribution < -0.4 is 21.1 Å². The van der Waals surface area contributed by atoms with E-state index in [0.29, 0.717) is 19.8 Å². The third-order valence-corrected chi connectivity index (χ3v) is 8.44. The molecule has 0 saturated carbocycles. The zero-order chi connectivity index (χ0) is 21.9. The molecule has 1 unspecified atom stereocenters. The van der Waals surface area contributed by atoms with Gasteiger partial charge in [0, 0.05) is 30.0 Å². The second-order valence-corrected chi connectivity index (χ2v) is 11.1. The van der Waals surface area contributed by atoms with Gasteiger partial charge in [-0.1, -0.05) is 11.8 Å². The molecule has 0 bridgehead atoms. The number of hydrazine groups is 1. The predicted octanol–water partition coefficient (Wildman–Crippen LogP) is 1.45. The van der Waals surface area contributed by atoms with E-state index in [1.54, 1.807) is 11.3 Å². The molecule has 2 atom stereocenters. The Labute approximate surface area is 194 Å². The van der Waals surface area contributed by atoms with Crippen LogP contribution in [0.4, 0.5) is 5.95 Å². The van der Waals surface area contributed by atoms with Gasteiger partial charge in [0.1, 0.15) is 11.2 Å². The Morgan fingerprint density at radius 3 is 3.16 bits per heavy atom. The van der Waals surface area contributed by atoms with Gasteiger partial charge in [-0.25, -0.2) is 9.99 Å². The van der Waals surface area contributed by atoms with Crippen LogP contribution >= 0.6 is 23.1 Å². The van der Waals surface area contributed by atoms with Crippen molar-refractivity contribution in [3.8, 4) is 5.00 Å². The van der Waals surface area contributed by atoms with Crippen LogP contribution in [0.25, 0.3) is 5.00 Å². The first-order chi connectivity index (χ1) is 15.5. The van der Waals surface area contributed by atoms with Crippen LogP contribution in [0.5, 0.6) is 0 Å². The third-order valence-electron chi connectivity index (χ3n) is 6.30. The quantitative estimate of drug-likeness (QED) is 0.552. The Kier molecular flexibility index (Phi) is 5.19. The van der Waals surface area contributed by atoms with Gasteiger partial charge in [0.2, 0.25) is 11.9 Å². The number of nitrogens with zero attached hydrogens (tertiary/aromatic N) is 4. The summed E-state index contributed by atoms with van der Waals surface area (Å²) in [4.78, 5) is 13.7. The molecule has 1 amide bonds. The summed E-state index contributed by atoms with van der Waals surface area (Å²) < 4.78 is 13.8. The number of hydrogen-bond acceptors (Lipinski definition) is 10. The van der Waals surface area contributed by atoms with Crippen LogP contribution in [0.3, 0.4) is 0 Å². The number of nitrogens with one attached hydrogen (secondary N) is 3. The number of carbonyl (C=O) groups excluding carboxylic acids is 1. The molecule has 6 heterocycles. The molecule has 4 aliphatic rings. The van der Waals surface area contributed by atoms with Crippen molar-refractivity contribution in [1.82, 2.24) is 30.8 Å². The van der Waals surface area contributed by atoms with Crippen molar-refractivity contribution in [2.24, 2.45) is 0 Å². The lowest BCUT2D eigenvalue weighted by Crippen LogP contribution is -2.40. The van der Waals surface area contributed by atoms with Crippen molar-refractivity contribution >= 4 is 35.0 Å². The minimum atomic E-state index is -0.190. The number of rotatable bonds is 5. The molecule has 2 fully saturated rings. The Hall–Kier alpha value is -1.70. The van der Waals surface area contributed by atoms with Crippen LogP contribution in [-0.4, -0.2) is 57.9 Å². The first-order valence-corrected chi connectivity index (χ1v) is 12.8. The van der Waals surface area contributed by atoms with E-state index in [-0.39, 0.29) is 29.5 Å². The standard InChI is InChI=1S/C20H27N7O3S2/c1-20(2)6-12-13(8-30-20)32-17-15(12)16-22-10-23-27(16)18-24-25-19(26(17)18)31-9-14(28)21-7-11-4-3-5-29-11/h11,16,22-23H,3-10H2,1-2H3,(H,21,28)/t11-,16?/m1/s1. The van der Waals surface area contributed by atoms with E-state index in [1.807, 2.05) is 5.01 Å². The smallest absolute Gasteiger partial charge is 0.249 e. The number of carbonyl (C=O) groups is 1. The molecular formula is C20H27N7O3S2. The normalized spacial score (nSPS) is 25.2. The highest BCUT2D eigenvalue weighted by Crippen LogP contribution is 2.48. The fourth-order valence-corrected chi connectivity index (χ4v) is 6.82. The van der Waals surface area contributed by atoms with Gasteiger partial charge in [0.25, 0.3) is 0 Å². The molecule has 2 aromatic heterocycles. The number of ether oxygens (including phenoxy) is 2. The molecule has 6 rings (SSSR count). The molecule has 0 spiro atoms. The van der Waals surface area contributed by atoms with Crippen LogP contribution in [0, 0.1) is 0 Å². The molecule has 0 aliphatic carbocycles. The van der Waals surface area contributed by atoms with E-state index >= 15 is 0 Å². The number of anilines is 1. The minimum Gasteiger partial charge on any atom is -0.376 e. The number of hydrogen-bond donors (Lipinski definition) is 3. The Morgan fingerprint density at radius 1 is 1.41 bits per heavy atom. The number of aromatic nitrogens is 3. The molecule has 10 nitrogen and oxygen atoms in total. The average Bonchev–Trinajstić information content (AvgIpc) is 3.54. The lowest BCUT2D eigenvalue weighted by atomic mass is 9.92. The Bertz CT molecular complexity index is 1050. The van der Waals surface area contributed by atoms with Crippen LogP contribution in [0.15, 0.2) is 5.16 Å². The van der Waals surface area contributed by atoms with E-state index in [2.05, 4.69) is 44.7 Å². The predicted molar refractivity (Wildman–Crippen MR) is 121 cm³/mol. The molecule has 3 N–H and O–H groups in total. The number of fused-ring (bicyclic) bond motifs is 8. The molecule has 0 aromatic carbocycles. The van der Waals surface area contributed by atoms with E-state index < -0.39 is 0 Å². The van der Waals surface area contributed by atoms with Gasteiger partial charge in [0.15, 0.2) is 5.16 Å². The van der Waals surface area contributed by atoms with Crippen molar-refractivity contribution in [2.45, 2.75) is 62.7 Å². The average molecular weight is 478 g/mol. The number of thioether (sulfide) groups is 1. The highest BCUT2D eigenvalue weighted by atomic mass is 32.2. The van der Waals surface area contributed by atoms with E-state index in [1.165, 1.54) is 27.8 Å². The Morgan fingerprint density at radius 2 is 2.31 bits per heavy atom. The first kappa shape index (κ1) is 20.9. The lowest BCUT2D eigenvalue weighted by Gasteiger charge is -2.34. The van der Waals surface area contributed by atoms with E-state index in [0.717, 1.165) is 42.0 Å². The molecule has 4 aliphatic heterocycles. The summed E-state index contributed by atoms with van der Waals surface area (Å²) in [6.45, 7) is 6.92. The minimum absolute atomic E-state index is 0.0154. The van der Waals surface area contributed by atoms with Crippen LogP contribution in [-0.2, 0) is 27.3 Å². The highest BCUT2D eigenvalue weighted by molar-refractivity contribution is 7.99. The topological polar surface area (TPSA) is 106 Å². The maximum absolute atomic E-state index is 12.4. The monoisotopic (exact) mass is 477 g/mol. The van der Waals surface area contributed by atoms with E-state index in [9.17, 15) is 4.79 Å². The van der Waals surface area contributed by atoms with Crippen molar-refractivity contribution in [2.75, 3.05) is 30.6 Å². The summed E-state index contributed by atoms with van der Waals surface area (Å²) in [5, 5.41) is 19.3. The molecule has 2 aromatic rings. The van der Waals surface area contributed by atoms with Gasteiger partial charge in [-0.15, -0.1) is 21.5 Å². The molecular weight excluding hydrogens is 450 g/mol. The van der Waals surface area contributed by atoms with Gasteiger partial charge in [0.05, 0.1) is 30.7 Å².